The maximum Gasteiger partial charge on any atom is 0.270 e. The Morgan fingerprint density at radius 2 is 1.85 bits per heavy atom. The third kappa shape index (κ3) is 4.65. The Kier molecular flexibility index (Phi) is 5.91. The molecule has 1 fully saturated rings. The molecule has 10 heteroatoms. The van der Waals surface area contributed by atoms with Gasteiger partial charge in [0, 0.05) is 50.4 Å². The van der Waals surface area contributed by atoms with Gasteiger partial charge in [-0.05, 0) is 18.9 Å². The van der Waals surface area contributed by atoms with Crippen molar-refractivity contribution >= 4 is 16.9 Å². The van der Waals surface area contributed by atoms with Crippen molar-refractivity contribution in [3.63, 3.8) is 0 Å². The molecule has 33 heavy (non-hydrogen) atoms. The number of amides is 1. The molecular weight excluding hydrogens is 429 g/mol. The second-order valence-electron chi connectivity index (χ2n) is 8.18. The number of likely N-dealkylation sites (tertiary alicyclic amines) is 1. The van der Waals surface area contributed by atoms with Crippen molar-refractivity contribution in [2.24, 2.45) is 0 Å². The first-order chi connectivity index (χ1) is 16.1. The van der Waals surface area contributed by atoms with Crippen LogP contribution in [0.4, 0.5) is 4.39 Å². The molecule has 3 aromatic rings. The van der Waals surface area contributed by atoms with Crippen molar-refractivity contribution in [2.75, 3.05) is 32.8 Å². The quantitative estimate of drug-likeness (QED) is 0.627. The minimum atomic E-state index is -0.467. The third-order valence-corrected chi connectivity index (χ3v) is 6.03. The van der Waals surface area contributed by atoms with Crippen LogP contribution in [0.2, 0.25) is 0 Å². The average molecular weight is 453 g/mol. The maximum absolute atomic E-state index is 13.7. The number of hydrogen-bond acceptors (Lipinski definition) is 7. The molecule has 0 saturated carbocycles. The fourth-order valence-corrected chi connectivity index (χ4v) is 4.25. The fraction of sp³-hybridized carbons (Fsp3) is 0.391. The summed E-state index contributed by atoms with van der Waals surface area (Å²) >= 11 is 0. The van der Waals surface area contributed by atoms with Crippen molar-refractivity contribution in [3.05, 3.63) is 58.5 Å². The molecule has 2 aliphatic rings. The van der Waals surface area contributed by atoms with E-state index in [1.54, 1.807) is 16.7 Å². The van der Waals surface area contributed by atoms with Crippen LogP contribution in [-0.4, -0.2) is 64.2 Å². The largest absolute Gasteiger partial charge is 0.486 e. The fourth-order valence-electron chi connectivity index (χ4n) is 4.25. The Hall–Kier alpha value is -3.53. The lowest BCUT2D eigenvalue weighted by Crippen LogP contribution is -2.45. The summed E-state index contributed by atoms with van der Waals surface area (Å²) in [5, 5.41) is 3.05. The zero-order valence-corrected chi connectivity index (χ0v) is 18.0. The normalized spacial score (nSPS) is 16.6. The first kappa shape index (κ1) is 21.3. The summed E-state index contributed by atoms with van der Waals surface area (Å²) in [6, 6.07) is 6.07. The molecule has 5 heterocycles. The molecule has 5 rings (SSSR count). The zero-order chi connectivity index (χ0) is 22.8. The molecule has 0 aliphatic carbocycles. The van der Waals surface area contributed by atoms with Crippen LogP contribution in [0.1, 0.15) is 23.3 Å². The molecule has 9 nitrogen and oxygen atoms in total. The highest BCUT2D eigenvalue weighted by atomic mass is 19.1. The van der Waals surface area contributed by atoms with E-state index in [9.17, 15) is 14.0 Å². The highest BCUT2D eigenvalue weighted by Crippen LogP contribution is 2.29. The number of nitrogens with one attached hydrogen (secondary N) is 1. The highest BCUT2D eigenvalue weighted by molar-refractivity contribution is 5.93. The van der Waals surface area contributed by atoms with E-state index >= 15 is 0 Å². The van der Waals surface area contributed by atoms with E-state index in [1.165, 1.54) is 18.3 Å². The van der Waals surface area contributed by atoms with Gasteiger partial charge in [0.1, 0.15) is 24.7 Å². The molecular formula is C23H24FN5O4. The molecule has 3 aromatic heterocycles. The van der Waals surface area contributed by atoms with Gasteiger partial charge in [0.2, 0.25) is 0 Å². The van der Waals surface area contributed by atoms with Gasteiger partial charge in [-0.15, -0.1) is 0 Å². The molecule has 0 bridgehead atoms. The number of fused-ring (bicyclic) bond motifs is 2. The lowest BCUT2D eigenvalue weighted by Gasteiger charge is -2.32. The predicted molar refractivity (Wildman–Crippen MR) is 118 cm³/mol. The predicted octanol–water partition coefficient (Wildman–Crippen LogP) is 1.60. The van der Waals surface area contributed by atoms with E-state index in [-0.39, 0.29) is 17.5 Å². The Bertz CT molecular complexity index is 1240. The van der Waals surface area contributed by atoms with Crippen molar-refractivity contribution in [3.8, 4) is 11.5 Å². The SMILES string of the molecule is O=C(NC1CCN(CCn2c(=O)ccc3ncc(F)cc32)CC1)c1cc2c(cn1)OCCO2. The molecule has 0 atom stereocenters. The third-order valence-electron chi connectivity index (χ3n) is 6.03. The molecule has 2 aliphatic heterocycles. The van der Waals surface area contributed by atoms with E-state index in [2.05, 4.69) is 20.2 Å². The van der Waals surface area contributed by atoms with Crippen LogP contribution in [0.3, 0.4) is 0 Å². The summed E-state index contributed by atoms with van der Waals surface area (Å²) in [6.07, 6.45) is 4.24. The van der Waals surface area contributed by atoms with Crippen LogP contribution in [-0.2, 0) is 6.54 Å². The van der Waals surface area contributed by atoms with E-state index in [1.807, 2.05) is 0 Å². The monoisotopic (exact) mass is 453 g/mol. The van der Waals surface area contributed by atoms with Gasteiger partial charge in [0.05, 0.1) is 23.4 Å². The minimum Gasteiger partial charge on any atom is -0.486 e. The van der Waals surface area contributed by atoms with Crippen LogP contribution in [0.15, 0.2) is 41.5 Å². The molecule has 1 saturated heterocycles. The van der Waals surface area contributed by atoms with Crippen molar-refractivity contribution in [1.29, 1.82) is 0 Å². The Morgan fingerprint density at radius 3 is 2.67 bits per heavy atom. The van der Waals surface area contributed by atoms with Gasteiger partial charge >= 0.3 is 0 Å². The Labute approximate surface area is 189 Å². The van der Waals surface area contributed by atoms with Crippen LogP contribution >= 0.6 is 0 Å². The van der Waals surface area contributed by atoms with E-state index < -0.39 is 5.82 Å². The number of hydrogen-bond donors (Lipinski definition) is 1. The second-order valence-corrected chi connectivity index (χ2v) is 8.18. The average Bonchev–Trinajstić information content (AvgIpc) is 2.84. The number of aromatic nitrogens is 3. The van der Waals surface area contributed by atoms with Gasteiger partial charge in [-0.3, -0.25) is 14.6 Å². The van der Waals surface area contributed by atoms with Crippen LogP contribution < -0.4 is 20.3 Å². The molecule has 172 valence electrons. The van der Waals surface area contributed by atoms with Gasteiger partial charge in [0.25, 0.3) is 11.5 Å². The summed E-state index contributed by atoms with van der Waals surface area (Å²) in [7, 11) is 0. The van der Waals surface area contributed by atoms with Gasteiger partial charge in [0.15, 0.2) is 11.5 Å². The molecule has 0 radical (unpaired) electrons. The van der Waals surface area contributed by atoms with Crippen molar-refractivity contribution < 1.29 is 18.7 Å². The number of halogens is 1. The number of rotatable bonds is 5. The number of nitrogens with zero attached hydrogens (tertiary/aromatic N) is 4. The topological polar surface area (TPSA) is 98.6 Å². The van der Waals surface area contributed by atoms with Crippen LogP contribution in [0.25, 0.3) is 11.0 Å². The van der Waals surface area contributed by atoms with Crippen molar-refractivity contribution in [2.45, 2.75) is 25.4 Å². The molecule has 0 unspecified atom stereocenters. The first-order valence-corrected chi connectivity index (χ1v) is 11.0. The molecule has 0 aromatic carbocycles. The summed E-state index contributed by atoms with van der Waals surface area (Å²) in [5.74, 6) is 0.387. The summed E-state index contributed by atoms with van der Waals surface area (Å²) in [4.78, 5) is 35.4. The summed E-state index contributed by atoms with van der Waals surface area (Å²) < 4.78 is 26.2. The number of piperidine rings is 1. The number of ether oxygens (including phenoxy) is 2. The molecule has 1 amide bonds. The lowest BCUT2D eigenvalue weighted by molar-refractivity contribution is 0.0903. The highest BCUT2D eigenvalue weighted by Gasteiger charge is 2.23. The van der Waals surface area contributed by atoms with E-state index in [0.717, 1.165) is 32.1 Å². The first-order valence-electron chi connectivity index (χ1n) is 11.0. The van der Waals surface area contributed by atoms with Gasteiger partial charge < -0.3 is 24.3 Å². The smallest absolute Gasteiger partial charge is 0.270 e. The van der Waals surface area contributed by atoms with Crippen LogP contribution in [0.5, 0.6) is 11.5 Å². The van der Waals surface area contributed by atoms with E-state index in [4.69, 9.17) is 9.47 Å². The number of carbonyl (C=O) groups excluding carboxylic acids is 1. The van der Waals surface area contributed by atoms with Gasteiger partial charge in [-0.2, -0.15) is 0 Å². The Balaban J connectivity index is 1.16. The lowest BCUT2D eigenvalue weighted by atomic mass is 10.0. The minimum absolute atomic E-state index is 0.0438. The number of pyridine rings is 3. The molecule has 0 spiro atoms. The van der Waals surface area contributed by atoms with E-state index in [0.29, 0.717) is 54.5 Å². The summed E-state index contributed by atoms with van der Waals surface area (Å²) in [5.41, 5.74) is 1.21. The molecule has 1 N–H and O–H groups in total. The summed E-state index contributed by atoms with van der Waals surface area (Å²) in [6.45, 7) is 3.59. The zero-order valence-electron chi connectivity index (χ0n) is 18.0. The van der Waals surface area contributed by atoms with Crippen LogP contribution in [0, 0.1) is 5.82 Å². The number of carbonyl (C=O) groups is 1. The standard InChI is InChI=1S/C23H24FN5O4/c24-15-11-19-17(25-13-15)1-2-22(30)29(19)8-7-28-5-3-16(4-6-28)27-23(31)18-12-20-21(14-26-18)33-10-9-32-20/h1-2,11-14,16H,3-10H2,(H,27,31). The second kappa shape index (κ2) is 9.14. The van der Waals surface area contributed by atoms with Gasteiger partial charge in [-0.25, -0.2) is 9.37 Å². The van der Waals surface area contributed by atoms with Crippen molar-refractivity contribution in [1.82, 2.24) is 24.8 Å². The van der Waals surface area contributed by atoms with Gasteiger partial charge in [-0.1, -0.05) is 0 Å². The maximum atomic E-state index is 13.7. The Morgan fingerprint density at radius 1 is 1.06 bits per heavy atom.